The van der Waals surface area contributed by atoms with Gasteiger partial charge in [-0.05, 0) is 49.4 Å². The monoisotopic (exact) mass is 433 g/mol. The highest BCUT2D eigenvalue weighted by molar-refractivity contribution is 5.97. The molecule has 0 fully saturated rings. The minimum Gasteiger partial charge on any atom is -0.465 e. The van der Waals surface area contributed by atoms with Gasteiger partial charge in [0.05, 0.1) is 24.1 Å². The van der Waals surface area contributed by atoms with Crippen molar-refractivity contribution in [3.63, 3.8) is 0 Å². The van der Waals surface area contributed by atoms with Gasteiger partial charge in [-0.3, -0.25) is 4.79 Å². The van der Waals surface area contributed by atoms with Crippen molar-refractivity contribution < 1.29 is 18.7 Å². The first-order chi connectivity index (χ1) is 15.5. The Balaban J connectivity index is 1.45. The largest absolute Gasteiger partial charge is 0.465 e. The molecule has 0 saturated carbocycles. The molecular formula is C23H20FN5O3. The summed E-state index contributed by atoms with van der Waals surface area (Å²) < 4.78 is 19.6. The van der Waals surface area contributed by atoms with Gasteiger partial charge in [0.25, 0.3) is 5.91 Å². The van der Waals surface area contributed by atoms with Crippen LogP contribution in [-0.4, -0.2) is 50.4 Å². The Bertz CT molecular complexity index is 1360. The molecule has 0 radical (unpaired) electrons. The van der Waals surface area contributed by atoms with E-state index in [-0.39, 0.29) is 17.4 Å². The minimum absolute atomic E-state index is 0.222. The predicted octanol–water partition coefficient (Wildman–Crippen LogP) is 3.18. The van der Waals surface area contributed by atoms with Crippen molar-refractivity contribution in [3.8, 4) is 5.69 Å². The first-order valence-electron chi connectivity index (χ1n) is 10.2. The second-order valence-electron chi connectivity index (χ2n) is 7.72. The maximum absolute atomic E-state index is 13.3. The number of ether oxygens (including phenoxy) is 1. The van der Waals surface area contributed by atoms with Crippen LogP contribution >= 0.6 is 0 Å². The summed E-state index contributed by atoms with van der Waals surface area (Å²) in [6.07, 6.45) is 0.661. The van der Waals surface area contributed by atoms with Crippen LogP contribution in [0, 0.1) is 12.7 Å². The molecule has 162 valence electrons. The number of benzene rings is 2. The fraction of sp³-hybridized carbons (Fsp3) is 0.217. The van der Waals surface area contributed by atoms with Crippen LogP contribution in [0.1, 0.15) is 37.8 Å². The number of esters is 1. The van der Waals surface area contributed by atoms with Gasteiger partial charge in [-0.25, -0.2) is 13.9 Å². The fourth-order valence-corrected chi connectivity index (χ4v) is 4.14. The average Bonchev–Trinajstić information content (AvgIpc) is 3.38. The number of carbonyl (C=O) groups excluding carboxylic acids is 2. The molecular weight excluding hydrogens is 413 g/mol. The van der Waals surface area contributed by atoms with Crippen molar-refractivity contribution >= 4 is 22.8 Å². The lowest BCUT2D eigenvalue weighted by Crippen LogP contribution is -2.36. The number of aromatic amines is 1. The molecule has 32 heavy (non-hydrogen) atoms. The number of methoxy groups -OCH3 is 1. The van der Waals surface area contributed by atoms with Crippen molar-refractivity contribution in [2.24, 2.45) is 0 Å². The third kappa shape index (κ3) is 3.22. The second kappa shape index (κ2) is 7.60. The van der Waals surface area contributed by atoms with Crippen LogP contribution in [0.5, 0.6) is 0 Å². The number of amides is 1. The first-order valence-corrected chi connectivity index (χ1v) is 10.2. The third-order valence-electron chi connectivity index (χ3n) is 5.85. The molecule has 4 aromatic rings. The molecule has 3 heterocycles. The zero-order chi connectivity index (χ0) is 22.4. The zero-order valence-corrected chi connectivity index (χ0v) is 17.6. The van der Waals surface area contributed by atoms with Crippen LogP contribution in [0.25, 0.3) is 16.6 Å². The van der Waals surface area contributed by atoms with E-state index < -0.39 is 5.97 Å². The molecule has 2 aromatic carbocycles. The Hall–Kier alpha value is -4.01. The first kappa shape index (κ1) is 19.9. The number of H-pyrrole nitrogens is 1. The van der Waals surface area contributed by atoms with Crippen molar-refractivity contribution in [2.45, 2.75) is 19.9 Å². The number of carbonyl (C=O) groups is 2. The molecule has 1 N–H and O–H groups in total. The van der Waals surface area contributed by atoms with Crippen LogP contribution in [0.4, 0.5) is 4.39 Å². The molecule has 1 aliphatic rings. The summed E-state index contributed by atoms with van der Waals surface area (Å²) in [5.74, 6) is -0.973. The summed E-state index contributed by atoms with van der Waals surface area (Å²) in [7, 11) is 1.35. The van der Waals surface area contributed by atoms with Crippen LogP contribution in [0.15, 0.2) is 42.5 Å². The number of rotatable bonds is 3. The highest BCUT2D eigenvalue weighted by atomic mass is 19.1. The van der Waals surface area contributed by atoms with Gasteiger partial charge in [0.2, 0.25) is 0 Å². The van der Waals surface area contributed by atoms with E-state index >= 15 is 0 Å². The van der Waals surface area contributed by atoms with Crippen molar-refractivity contribution in [2.75, 3.05) is 13.7 Å². The summed E-state index contributed by atoms with van der Waals surface area (Å²) in [6.45, 7) is 2.69. The normalized spacial score (nSPS) is 13.3. The maximum atomic E-state index is 13.3. The number of nitrogens with one attached hydrogen (secondary N) is 1. The van der Waals surface area contributed by atoms with E-state index in [1.165, 1.54) is 23.9 Å². The Morgan fingerprint density at radius 1 is 1.16 bits per heavy atom. The highest BCUT2D eigenvalue weighted by Crippen LogP contribution is 2.29. The van der Waals surface area contributed by atoms with Crippen molar-refractivity contribution in [1.82, 2.24) is 24.9 Å². The Labute approximate surface area is 182 Å². The summed E-state index contributed by atoms with van der Waals surface area (Å²) in [5, 5.41) is 9.09. The third-order valence-corrected chi connectivity index (χ3v) is 5.85. The molecule has 1 aliphatic heterocycles. The predicted molar refractivity (Wildman–Crippen MR) is 114 cm³/mol. The fourth-order valence-electron chi connectivity index (χ4n) is 4.14. The van der Waals surface area contributed by atoms with Gasteiger partial charge in [0, 0.05) is 41.7 Å². The van der Waals surface area contributed by atoms with Gasteiger partial charge in [-0.2, -0.15) is 0 Å². The van der Waals surface area contributed by atoms with Crippen LogP contribution in [0.2, 0.25) is 0 Å². The second-order valence-corrected chi connectivity index (χ2v) is 7.72. The molecule has 0 saturated heterocycles. The standard InChI is InChI=1S/C23H20FN5O3/c1-13-21(26-27-29(13)16-6-4-15(24)5-7-16)22(30)28-10-9-20-18(12-28)17-11-14(23(31)32-2)3-8-19(17)25-20/h3-8,11,25H,9-10,12H2,1-2H3. The van der Waals surface area contributed by atoms with Crippen molar-refractivity contribution in [1.29, 1.82) is 0 Å². The van der Waals surface area contributed by atoms with E-state index in [0.717, 1.165) is 22.2 Å². The van der Waals surface area contributed by atoms with Crippen LogP contribution < -0.4 is 0 Å². The smallest absolute Gasteiger partial charge is 0.337 e. The maximum Gasteiger partial charge on any atom is 0.337 e. The molecule has 0 unspecified atom stereocenters. The number of aromatic nitrogens is 4. The van der Waals surface area contributed by atoms with E-state index in [1.54, 1.807) is 36.1 Å². The minimum atomic E-state index is -0.404. The summed E-state index contributed by atoms with van der Waals surface area (Å²) >= 11 is 0. The Kier molecular flexibility index (Phi) is 4.73. The molecule has 0 atom stereocenters. The lowest BCUT2D eigenvalue weighted by atomic mass is 10.0. The van der Waals surface area contributed by atoms with Gasteiger partial charge in [0.15, 0.2) is 5.69 Å². The van der Waals surface area contributed by atoms with E-state index in [0.29, 0.717) is 36.5 Å². The van der Waals surface area contributed by atoms with Gasteiger partial charge < -0.3 is 14.6 Å². The molecule has 0 spiro atoms. The number of halogens is 1. The number of fused-ring (bicyclic) bond motifs is 3. The van der Waals surface area contributed by atoms with Crippen LogP contribution in [-0.2, 0) is 17.7 Å². The van der Waals surface area contributed by atoms with Gasteiger partial charge in [-0.15, -0.1) is 5.10 Å². The molecule has 5 rings (SSSR count). The molecule has 0 bridgehead atoms. The number of hydrogen-bond acceptors (Lipinski definition) is 5. The molecule has 2 aromatic heterocycles. The van der Waals surface area contributed by atoms with Gasteiger partial charge in [-0.1, -0.05) is 5.21 Å². The topological polar surface area (TPSA) is 93.1 Å². The summed E-state index contributed by atoms with van der Waals surface area (Å²) in [5.41, 5.74) is 4.88. The summed E-state index contributed by atoms with van der Waals surface area (Å²) in [6, 6.07) is 11.2. The molecule has 1 amide bonds. The number of nitrogens with zero attached hydrogens (tertiary/aromatic N) is 4. The SMILES string of the molecule is COC(=O)c1ccc2[nH]c3c(c2c1)CN(C(=O)c1nnn(-c2ccc(F)cc2)c1C)CC3. The average molecular weight is 433 g/mol. The lowest BCUT2D eigenvalue weighted by molar-refractivity contribution is 0.0600. The Morgan fingerprint density at radius 2 is 1.94 bits per heavy atom. The van der Waals surface area contributed by atoms with E-state index in [2.05, 4.69) is 15.3 Å². The summed E-state index contributed by atoms with van der Waals surface area (Å²) in [4.78, 5) is 30.3. The van der Waals surface area contributed by atoms with Crippen molar-refractivity contribution in [3.05, 3.63) is 76.5 Å². The number of hydrogen-bond donors (Lipinski definition) is 1. The molecule has 9 heteroatoms. The molecule has 0 aliphatic carbocycles. The quantitative estimate of drug-likeness (QED) is 0.501. The van der Waals surface area contributed by atoms with Crippen LogP contribution in [0.3, 0.4) is 0 Å². The zero-order valence-electron chi connectivity index (χ0n) is 17.6. The lowest BCUT2D eigenvalue weighted by Gasteiger charge is -2.26. The van der Waals surface area contributed by atoms with E-state index in [1.807, 2.05) is 6.07 Å². The molecule has 8 nitrogen and oxygen atoms in total. The van der Waals surface area contributed by atoms with E-state index in [4.69, 9.17) is 4.74 Å². The Morgan fingerprint density at radius 3 is 2.69 bits per heavy atom. The van der Waals surface area contributed by atoms with E-state index in [9.17, 15) is 14.0 Å². The highest BCUT2D eigenvalue weighted by Gasteiger charge is 2.28. The van der Waals surface area contributed by atoms with Gasteiger partial charge >= 0.3 is 5.97 Å². The van der Waals surface area contributed by atoms with Gasteiger partial charge in [0.1, 0.15) is 5.82 Å².